The summed E-state index contributed by atoms with van der Waals surface area (Å²) < 4.78 is 0. The van der Waals surface area contributed by atoms with Gasteiger partial charge in [0.1, 0.15) is 0 Å². The maximum atomic E-state index is 6.81. The molecule has 1 heteroatoms. The molecule has 0 bridgehead atoms. The van der Waals surface area contributed by atoms with Gasteiger partial charge < -0.3 is 5.41 Å². The normalized spacial score (nSPS) is 12.2. The van der Waals surface area contributed by atoms with Crippen LogP contribution in [0.5, 0.6) is 0 Å². The lowest BCUT2D eigenvalue weighted by Gasteiger charge is -1.93. The van der Waals surface area contributed by atoms with E-state index in [9.17, 15) is 0 Å². The predicted molar refractivity (Wildman–Crippen MR) is 37.4 cm³/mol. The van der Waals surface area contributed by atoms with Crippen molar-refractivity contribution >= 4 is 6.21 Å². The number of allylic oxidation sites excluding steroid dienone is 2. The van der Waals surface area contributed by atoms with E-state index in [0.29, 0.717) is 5.92 Å². The molecule has 0 aromatic carbocycles. The van der Waals surface area contributed by atoms with Crippen LogP contribution < -0.4 is 0 Å². The minimum atomic E-state index is 0.566. The molecule has 0 unspecified atom stereocenters. The lowest BCUT2D eigenvalue weighted by molar-refractivity contribution is 0.827. The highest BCUT2D eigenvalue weighted by Gasteiger charge is 1.85. The highest BCUT2D eigenvalue weighted by molar-refractivity contribution is 5.74. The minimum Gasteiger partial charge on any atom is -0.308 e. The Morgan fingerprint density at radius 3 is 2.12 bits per heavy atom. The molecule has 0 saturated heterocycles. The monoisotopic (exact) mass is 111 g/mol. The molecule has 1 N–H and O–H groups in total. The van der Waals surface area contributed by atoms with Crippen molar-refractivity contribution in [1.82, 2.24) is 0 Å². The van der Waals surface area contributed by atoms with Crippen LogP contribution in [0.25, 0.3) is 0 Å². The number of hydrogen-bond donors (Lipinski definition) is 1. The summed E-state index contributed by atoms with van der Waals surface area (Å²) in [6.07, 6.45) is 3.44. The van der Waals surface area contributed by atoms with Crippen LogP contribution >= 0.6 is 0 Å². The van der Waals surface area contributed by atoms with E-state index in [2.05, 4.69) is 19.9 Å². The summed E-state index contributed by atoms with van der Waals surface area (Å²) in [7, 11) is 0. The highest BCUT2D eigenvalue weighted by atomic mass is 14.3. The van der Waals surface area contributed by atoms with Gasteiger partial charge in [-0.25, -0.2) is 0 Å². The predicted octanol–water partition coefficient (Wildman–Crippen LogP) is 2.24. The molecule has 0 saturated carbocycles. The van der Waals surface area contributed by atoms with Gasteiger partial charge in [0, 0.05) is 6.21 Å². The van der Waals surface area contributed by atoms with E-state index < -0.39 is 0 Å². The summed E-state index contributed by atoms with van der Waals surface area (Å²) in [5.74, 6) is 0.566. The fourth-order valence-electron chi connectivity index (χ4n) is 0.574. The molecule has 1 nitrogen and oxygen atoms in total. The molecule has 0 spiro atoms. The van der Waals surface area contributed by atoms with Crippen molar-refractivity contribution in [2.75, 3.05) is 0 Å². The second kappa shape index (κ2) is 3.42. The van der Waals surface area contributed by atoms with Gasteiger partial charge in [0.2, 0.25) is 0 Å². The third-order valence-corrected chi connectivity index (χ3v) is 0.824. The van der Waals surface area contributed by atoms with Crippen LogP contribution in [0.3, 0.4) is 0 Å². The van der Waals surface area contributed by atoms with Crippen LogP contribution in [0, 0.1) is 11.3 Å². The molecule has 0 amide bonds. The van der Waals surface area contributed by atoms with E-state index in [-0.39, 0.29) is 0 Å². The topological polar surface area (TPSA) is 23.9 Å². The highest BCUT2D eigenvalue weighted by Crippen LogP contribution is 1.97. The third kappa shape index (κ3) is 3.59. The summed E-state index contributed by atoms with van der Waals surface area (Å²) >= 11 is 0. The van der Waals surface area contributed by atoms with Gasteiger partial charge in [-0.1, -0.05) is 19.9 Å². The Bertz CT molecular complexity index is 101. The SMILES string of the molecule is C/C(C=N)=C/C(C)C. The molecule has 0 aromatic rings. The summed E-state index contributed by atoms with van der Waals surface area (Å²) in [5, 5.41) is 6.81. The maximum absolute atomic E-state index is 6.81. The standard InChI is InChI=1S/C7H13N/c1-6(2)4-7(3)5-8/h4-6,8H,1-3H3/b7-4-,8-5?. The van der Waals surface area contributed by atoms with Crippen LogP contribution in [0.1, 0.15) is 20.8 Å². The molecular formula is C7H13N. The third-order valence-electron chi connectivity index (χ3n) is 0.824. The number of hydrogen-bond acceptors (Lipinski definition) is 1. The van der Waals surface area contributed by atoms with Crippen LogP contribution in [0.2, 0.25) is 0 Å². The first kappa shape index (κ1) is 7.41. The summed E-state index contributed by atoms with van der Waals surface area (Å²) in [6, 6.07) is 0. The number of rotatable bonds is 2. The molecular weight excluding hydrogens is 98.1 g/mol. The fourth-order valence-corrected chi connectivity index (χ4v) is 0.574. The minimum absolute atomic E-state index is 0.566. The van der Waals surface area contributed by atoms with Crippen molar-refractivity contribution in [3.05, 3.63) is 11.6 Å². The molecule has 8 heavy (non-hydrogen) atoms. The largest absolute Gasteiger partial charge is 0.308 e. The van der Waals surface area contributed by atoms with E-state index in [1.807, 2.05) is 6.92 Å². The number of nitrogens with one attached hydrogen (secondary N) is 1. The van der Waals surface area contributed by atoms with Crippen LogP contribution in [0.4, 0.5) is 0 Å². The Morgan fingerprint density at radius 1 is 1.50 bits per heavy atom. The van der Waals surface area contributed by atoms with E-state index >= 15 is 0 Å². The van der Waals surface area contributed by atoms with Crippen molar-refractivity contribution in [3.8, 4) is 0 Å². The molecule has 0 radical (unpaired) electrons. The van der Waals surface area contributed by atoms with E-state index in [0.717, 1.165) is 5.57 Å². The quantitative estimate of drug-likeness (QED) is 0.528. The van der Waals surface area contributed by atoms with Gasteiger partial charge in [-0.15, -0.1) is 0 Å². The zero-order valence-electron chi connectivity index (χ0n) is 5.73. The van der Waals surface area contributed by atoms with E-state index in [1.54, 1.807) is 0 Å². The molecule has 0 aliphatic heterocycles. The zero-order chi connectivity index (χ0) is 6.57. The van der Waals surface area contributed by atoms with Gasteiger partial charge in [0.15, 0.2) is 0 Å². The van der Waals surface area contributed by atoms with Gasteiger partial charge in [0.05, 0.1) is 0 Å². The van der Waals surface area contributed by atoms with E-state index in [1.165, 1.54) is 6.21 Å². The Hall–Kier alpha value is -0.590. The molecule has 0 aliphatic carbocycles. The Labute approximate surface area is 50.9 Å². The first-order valence-corrected chi connectivity index (χ1v) is 2.85. The molecule has 0 aliphatic rings. The molecule has 0 rings (SSSR count). The molecule has 46 valence electrons. The lowest BCUT2D eigenvalue weighted by atomic mass is 10.1. The molecule has 0 atom stereocenters. The molecule has 0 heterocycles. The fraction of sp³-hybridized carbons (Fsp3) is 0.571. The van der Waals surface area contributed by atoms with Crippen molar-refractivity contribution in [2.24, 2.45) is 5.92 Å². The Kier molecular flexibility index (Phi) is 3.16. The van der Waals surface area contributed by atoms with Gasteiger partial charge in [-0.05, 0) is 18.4 Å². The van der Waals surface area contributed by atoms with Crippen molar-refractivity contribution in [2.45, 2.75) is 20.8 Å². The smallest absolute Gasteiger partial charge is 0.0203 e. The van der Waals surface area contributed by atoms with Gasteiger partial charge in [-0.3, -0.25) is 0 Å². The average molecular weight is 111 g/mol. The zero-order valence-corrected chi connectivity index (χ0v) is 5.73. The van der Waals surface area contributed by atoms with Crippen molar-refractivity contribution in [1.29, 1.82) is 5.41 Å². The lowest BCUT2D eigenvalue weighted by Crippen LogP contribution is -1.82. The van der Waals surface area contributed by atoms with Crippen LogP contribution in [-0.4, -0.2) is 6.21 Å². The summed E-state index contributed by atoms with van der Waals surface area (Å²) in [4.78, 5) is 0. The second-order valence-electron chi connectivity index (χ2n) is 2.30. The second-order valence-corrected chi connectivity index (χ2v) is 2.30. The Balaban J connectivity index is 3.74. The van der Waals surface area contributed by atoms with Gasteiger partial charge in [-0.2, -0.15) is 0 Å². The molecule has 0 fully saturated rings. The van der Waals surface area contributed by atoms with Crippen molar-refractivity contribution in [3.63, 3.8) is 0 Å². The Morgan fingerprint density at radius 2 is 2.00 bits per heavy atom. The van der Waals surface area contributed by atoms with E-state index in [4.69, 9.17) is 5.41 Å². The van der Waals surface area contributed by atoms with Crippen molar-refractivity contribution < 1.29 is 0 Å². The first-order chi connectivity index (χ1) is 3.66. The van der Waals surface area contributed by atoms with Gasteiger partial charge in [0.25, 0.3) is 0 Å². The summed E-state index contributed by atoms with van der Waals surface area (Å²) in [5.41, 5.74) is 1.04. The maximum Gasteiger partial charge on any atom is 0.0203 e. The van der Waals surface area contributed by atoms with Crippen LogP contribution in [-0.2, 0) is 0 Å². The summed E-state index contributed by atoms with van der Waals surface area (Å²) in [6.45, 7) is 6.15. The van der Waals surface area contributed by atoms with Gasteiger partial charge >= 0.3 is 0 Å². The molecule has 0 aromatic heterocycles. The average Bonchev–Trinajstić information content (AvgIpc) is 1.65. The first-order valence-electron chi connectivity index (χ1n) is 2.85. The van der Waals surface area contributed by atoms with Crippen LogP contribution in [0.15, 0.2) is 11.6 Å².